The van der Waals surface area contributed by atoms with E-state index >= 15 is 0 Å². The van der Waals surface area contributed by atoms with Gasteiger partial charge >= 0.3 is 5.97 Å². The maximum absolute atomic E-state index is 13.2. The van der Waals surface area contributed by atoms with E-state index in [0.717, 1.165) is 36.8 Å². The molecule has 0 saturated carbocycles. The zero-order valence-corrected chi connectivity index (χ0v) is 21.4. The van der Waals surface area contributed by atoms with Gasteiger partial charge in [-0.15, -0.1) is 0 Å². The number of benzene rings is 1. The molecule has 0 radical (unpaired) electrons. The molecule has 0 spiro atoms. The van der Waals surface area contributed by atoms with Gasteiger partial charge in [0.15, 0.2) is 0 Å². The van der Waals surface area contributed by atoms with E-state index in [4.69, 9.17) is 4.74 Å². The Labute approximate surface area is 193 Å². The molecule has 0 aliphatic heterocycles. The fourth-order valence-corrected chi connectivity index (χ4v) is 4.50. The first-order chi connectivity index (χ1) is 14.9. The van der Waals surface area contributed by atoms with Crippen molar-refractivity contribution in [3.8, 4) is 5.75 Å². The fraction of sp³-hybridized carbons (Fsp3) is 0.759. The first kappa shape index (κ1) is 27.7. The van der Waals surface area contributed by atoms with Gasteiger partial charge in [-0.25, -0.2) is 0 Å². The standard InChI is InChI=1S/C29H50O2/c1-6-8-10-12-14-15-17-19-21-29(5,20-18-16-13-11-9-7-2)28(30)31-27-23-25(3)22-26(4)24-27/h22-24H,6-21H2,1-5H3. The second-order valence-electron chi connectivity index (χ2n) is 10.0. The summed E-state index contributed by atoms with van der Waals surface area (Å²) in [7, 11) is 0. The van der Waals surface area contributed by atoms with Crippen LogP contribution in [0.2, 0.25) is 0 Å². The lowest BCUT2D eigenvalue weighted by Crippen LogP contribution is -2.32. The van der Waals surface area contributed by atoms with Gasteiger partial charge in [0.05, 0.1) is 5.41 Å². The van der Waals surface area contributed by atoms with Crippen LogP contribution in [0.1, 0.15) is 135 Å². The summed E-state index contributed by atoms with van der Waals surface area (Å²) in [4.78, 5) is 13.2. The van der Waals surface area contributed by atoms with Crippen molar-refractivity contribution in [2.24, 2.45) is 5.41 Å². The molecule has 0 aromatic heterocycles. The smallest absolute Gasteiger partial charge is 0.317 e. The topological polar surface area (TPSA) is 26.3 Å². The van der Waals surface area contributed by atoms with Crippen LogP contribution in [-0.2, 0) is 4.79 Å². The van der Waals surface area contributed by atoms with Crippen LogP contribution in [0.4, 0.5) is 0 Å². The molecule has 1 unspecified atom stereocenters. The van der Waals surface area contributed by atoms with Crippen molar-refractivity contribution in [1.29, 1.82) is 0 Å². The molecule has 0 fully saturated rings. The first-order valence-electron chi connectivity index (χ1n) is 13.2. The number of unbranched alkanes of at least 4 members (excludes halogenated alkanes) is 12. The Morgan fingerprint density at radius 2 is 1.06 bits per heavy atom. The van der Waals surface area contributed by atoms with E-state index in [1.165, 1.54) is 77.0 Å². The summed E-state index contributed by atoms with van der Waals surface area (Å²) in [6.07, 6.45) is 19.8. The molecule has 0 N–H and O–H groups in total. The molecular weight excluding hydrogens is 380 g/mol. The van der Waals surface area contributed by atoms with Crippen molar-refractivity contribution in [3.05, 3.63) is 29.3 Å². The van der Waals surface area contributed by atoms with E-state index in [1.807, 2.05) is 12.1 Å². The molecular formula is C29H50O2. The highest BCUT2D eigenvalue weighted by Gasteiger charge is 2.34. The van der Waals surface area contributed by atoms with Crippen molar-refractivity contribution in [3.63, 3.8) is 0 Å². The monoisotopic (exact) mass is 430 g/mol. The molecule has 178 valence electrons. The Morgan fingerprint density at radius 1 is 0.677 bits per heavy atom. The maximum atomic E-state index is 13.2. The third-order valence-electron chi connectivity index (χ3n) is 6.56. The van der Waals surface area contributed by atoms with Crippen LogP contribution in [0, 0.1) is 19.3 Å². The van der Waals surface area contributed by atoms with Gasteiger partial charge in [-0.05, 0) is 56.9 Å². The minimum Gasteiger partial charge on any atom is -0.426 e. The summed E-state index contributed by atoms with van der Waals surface area (Å²) < 4.78 is 5.92. The number of hydrogen-bond acceptors (Lipinski definition) is 2. The maximum Gasteiger partial charge on any atom is 0.317 e. The van der Waals surface area contributed by atoms with Crippen LogP contribution in [0.15, 0.2) is 18.2 Å². The number of carbonyl (C=O) groups is 1. The summed E-state index contributed by atoms with van der Waals surface area (Å²) in [6.45, 7) is 10.8. The van der Waals surface area contributed by atoms with Gasteiger partial charge in [-0.1, -0.05) is 110 Å². The number of carbonyl (C=O) groups excluding carboxylic acids is 1. The lowest BCUT2D eigenvalue weighted by Gasteiger charge is -2.27. The number of rotatable bonds is 18. The summed E-state index contributed by atoms with van der Waals surface area (Å²) in [5, 5.41) is 0. The van der Waals surface area contributed by atoms with Gasteiger partial charge < -0.3 is 4.74 Å². The molecule has 0 aliphatic carbocycles. The summed E-state index contributed by atoms with van der Waals surface area (Å²) >= 11 is 0. The van der Waals surface area contributed by atoms with E-state index in [-0.39, 0.29) is 11.4 Å². The molecule has 0 bridgehead atoms. The highest BCUT2D eigenvalue weighted by Crippen LogP contribution is 2.34. The third kappa shape index (κ3) is 12.3. The van der Waals surface area contributed by atoms with Gasteiger partial charge in [-0.2, -0.15) is 0 Å². The Kier molecular flexibility index (Phi) is 14.6. The highest BCUT2D eigenvalue weighted by atomic mass is 16.5. The van der Waals surface area contributed by atoms with E-state index < -0.39 is 0 Å². The van der Waals surface area contributed by atoms with Crippen molar-refractivity contribution < 1.29 is 9.53 Å². The van der Waals surface area contributed by atoms with Crippen molar-refractivity contribution in [2.45, 2.75) is 137 Å². The minimum atomic E-state index is -0.370. The van der Waals surface area contributed by atoms with E-state index in [1.54, 1.807) is 0 Å². The predicted molar refractivity (Wildman–Crippen MR) is 135 cm³/mol. The van der Waals surface area contributed by atoms with Gasteiger partial charge in [-0.3, -0.25) is 4.79 Å². The average Bonchev–Trinajstić information content (AvgIpc) is 2.71. The van der Waals surface area contributed by atoms with Gasteiger partial charge in [0.25, 0.3) is 0 Å². The first-order valence-corrected chi connectivity index (χ1v) is 13.2. The molecule has 0 heterocycles. The van der Waals surface area contributed by atoms with Gasteiger partial charge in [0.1, 0.15) is 5.75 Å². The fourth-order valence-electron chi connectivity index (χ4n) is 4.50. The largest absolute Gasteiger partial charge is 0.426 e. The zero-order chi connectivity index (χ0) is 23.0. The summed E-state index contributed by atoms with van der Waals surface area (Å²) in [5.74, 6) is 0.668. The number of ether oxygens (including phenoxy) is 1. The Hall–Kier alpha value is -1.31. The lowest BCUT2D eigenvalue weighted by molar-refractivity contribution is -0.146. The van der Waals surface area contributed by atoms with Crippen LogP contribution in [0.5, 0.6) is 5.75 Å². The third-order valence-corrected chi connectivity index (χ3v) is 6.56. The number of hydrogen-bond donors (Lipinski definition) is 0. The molecule has 1 aromatic carbocycles. The van der Waals surface area contributed by atoms with Gasteiger partial charge in [0.2, 0.25) is 0 Å². The van der Waals surface area contributed by atoms with E-state index in [2.05, 4.69) is 40.7 Å². The molecule has 0 amide bonds. The van der Waals surface area contributed by atoms with Crippen LogP contribution in [0.25, 0.3) is 0 Å². The Balaban J connectivity index is 2.58. The number of aryl methyl sites for hydroxylation is 2. The van der Waals surface area contributed by atoms with Gasteiger partial charge in [0, 0.05) is 0 Å². The Bertz CT molecular complexity index is 587. The zero-order valence-electron chi connectivity index (χ0n) is 21.4. The summed E-state index contributed by atoms with van der Waals surface area (Å²) in [6, 6.07) is 6.08. The SMILES string of the molecule is CCCCCCCCCCC(C)(CCCCCCCC)C(=O)Oc1cc(C)cc(C)c1. The van der Waals surface area contributed by atoms with Crippen LogP contribution >= 0.6 is 0 Å². The lowest BCUT2D eigenvalue weighted by atomic mass is 9.79. The molecule has 0 saturated heterocycles. The molecule has 0 aliphatic rings. The molecule has 31 heavy (non-hydrogen) atoms. The second-order valence-corrected chi connectivity index (χ2v) is 10.0. The molecule has 1 rings (SSSR count). The predicted octanol–water partition coefficient (Wildman–Crippen LogP) is 9.50. The van der Waals surface area contributed by atoms with E-state index in [0.29, 0.717) is 5.75 Å². The van der Waals surface area contributed by atoms with Crippen molar-refractivity contribution in [1.82, 2.24) is 0 Å². The highest BCUT2D eigenvalue weighted by molar-refractivity contribution is 5.78. The summed E-state index contributed by atoms with van der Waals surface area (Å²) in [5.41, 5.74) is 1.91. The molecule has 1 atom stereocenters. The van der Waals surface area contributed by atoms with Crippen molar-refractivity contribution >= 4 is 5.97 Å². The average molecular weight is 431 g/mol. The normalized spacial score (nSPS) is 13.2. The molecule has 2 nitrogen and oxygen atoms in total. The van der Waals surface area contributed by atoms with Crippen LogP contribution in [-0.4, -0.2) is 5.97 Å². The van der Waals surface area contributed by atoms with Crippen LogP contribution in [0.3, 0.4) is 0 Å². The minimum absolute atomic E-state index is 0.0333. The molecule has 2 heteroatoms. The quantitative estimate of drug-likeness (QED) is 0.132. The van der Waals surface area contributed by atoms with E-state index in [9.17, 15) is 4.79 Å². The van der Waals surface area contributed by atoms with Crippen molar-refractivity contribution in [2.75, 3.05) is 0 Å². The second kappa shape index (κ2) is 16.3. The van der Waals surface area contributed by atoms with Crippen LogP contribution < -0.4 is 4.74 Å². The Morgan fingerprint density at radius 3 is 1.48 bits per heavy atom. The number of esters is 1. The molecule has 1 aromatic rings.